The molecule has 162 valence electrons. The lowest BCUT2D eigenvalue weighted by Crippen LogP contribution is -2.41. The van der Waals surface area contributed by atoms with Crippen molar-refractivity contribution in [2.45, 2.75) is 51.4 Å². The molecule has 0 unspecified atom stereocenters. The number of piperidine rings is 1. The van der Waals surface area contributed by atoms with E-state index in [2.05, 4.69) is 11.0 Å². The van der Waals surface area contributed by atoms with Gasteiger partial charge in [0.25, 0.3) is 0 Å². The van der Waals surface area contributed by atoms with Gasteiger partial charge < -0.3 is 15.6 Å². The number of phenolic OH excluding ortho intramolecular Hbond substituents is 1. The van der Waals surface area contributed by atoms with Crippen LogP contribution in [0.5, 0.6) is 5.75 Å². The maximum atomic E-state index is 14.0. The SMILES string of the molecule is Cc1ccc2c(c1O)C[C@@H](C1CCN(Cc3ccc(F)cc3F)CC1)O[C@H]2CCN. The molecule has 1 fully saturated rings. The van der Waals surface area contributed by atoms with Crippen LogP contribution in [0.3, 0.4) is 0 Å². The number of phenols is 1. The van der Waals surface area contributed by atoms with E-state index in [-0.39, 0.29) is 12.2 Å². The van der Waals surface area contributed by atoms with Crippen molar-refractivity contribution in [2.24, 2.45) is 11.7 Å². The van der Waals surface area contributed by atoms with E-state index in [1.54, 1.807) is 0 Å². The molecule has 2 aliphatic rings. The van der Waals surface area contributed by atoms with E-state index >= 15 is 0 Å². The molecule has 2 aromatic carbocycles. The zero-order chi connectivity index (χ0) is 21.3. The molecule has 30 heavy (non-hydrogen) atoms. The summed E-state index contributed by atoms with van der Waals surface area (Å²) in [5, 5.41) is 10.6. The Kier molecular flexibility index (Phi) is 6.37. The monoisotopic (exact) mass is 416 g/mol. The summed E-state index contributed by atoms with van der Waals surface area (Å²) in [5.41, 5.74) is 9.29. The van der Waals surface area contributed by atoms with Crippen molar-refractivity contribution in [1.82, 2.24) is 4.90 Å². The Morgan fingerprint density at radius 1 is 1.17 bits per heavy atom. The normalized spacial score (nSPS) is 22.8. The molecule has 6 heteroatoms. The second-order valence-electron chi connectivity index (χ2n) is 8.59. The molecule has 2 aliphatic heterocycles. The Morgan fingerprint density at radius 3 is 2.63 bits per heavy atom. The first-order chi connectivity index (χ1) is 14.5. The minimum absolute atomic E-state index is 0.0476. The lowest BCUT2D eigenvalue weighted by Gasteiger charge is -2.40. The van der Waals surface area contributed by atoms with E-state index in [1.165, 1.54) is 12.1 Å². The molecule has 4 rings (SSSR count). The lowest BCUT2D eigenvalue weighted by molar-refractivity contribution is -0.0710. The highest BCUT2D eigenvalue weighted by atomic mass is 19.1. The van der Waals surface area contributed by atoms with Crippen molar-refractivity contribution in [2.75, 3.05) is 19.6 Å². The van der Waals surface area contributed by atoms with Gasteiger partial charge in [0.1, 0.15) is 17.4 Å². The summed E-state index contributed by atoms with van der Waals surface area (Å²) >= 11 is 0. The summed E-state index contributed by atoms with van der Waals surface area (Å²) in [4.78, 5) is 2.21. The van der Waals surface area contributed by atoms with Crippen molar-refractivity contribution in [1.29, 1.82) is 0 Å². The number of ether oxygens (including phenoxy) is 1. The number of hydrogen-bond donors (Lipinski definition) is 2. The van der Waals surface area contributed by atoms with Gasteiger partial charge in [-0.15, -0.1) is 0 Å². The zero-order valence-electron chi connectivity index (χ0n) is 17.4. The van der Waals surface area contributed by atoms with E-state index in [9.17, 15) is 13.9 Å². The number of halogens is 2. The molecule has 0 bridgehead atoms. The van der Waals surface area contributed by atoms with Gasteiger partial charge in [-0.2, -0.15) is 0 Å². The molecule has 1 saturated heterocycles. The van der Waals surface area contributed by atoms with E-state index in [0.29, 0.717) is 36.7 Å². The Labute approximate surface area is 176 Å². The van der Waals surface area contributed by atoms with Crippen molar-refractivity contribution in [3.8, 4) is 5.75 Å². The average Bonchev–Trinajstić information content (AvgIpc) is 2.73. The molecule has 2 heterocycles. The molecule has 0 aliphatic carbocycles. The summed E-state index contributed by atoms with van der Waals surface area (Å²) in [6, 6.07) is 7.78. The molecule has 4 nitrogen and oxygen atoms in total. The third-order valence-electron chi connectivity index (χ3n) is 6.61. The van der Waals surface area contributed by atoms with Crippen LogP contribution in [-0.2, 0) is 17.7 Å². The molecule has 3 N–H and O–H groups in total. The molecular weight excluding hydrogens is 386 g/mol. The summed E-state index contributed by atoms with van der Waals surface area (Å²) in [7, 11) is 0. The predicted molar refractivity (Wildman–Crippen MR) is 112 cm³/mol. The first-order valence-corrected chi connectivity index (χ1v) is 10.8. The molecule has 0 saturated carbocycles. The molecular formula is C24H30F2N2O2. The number of nitrogens with zero attached hydrogens (tertiary/aromatic N) is 1. The predicted octanol–water partition coefficient (Wildman–Crippen LogP) is 4.22. The van der Waals surface area contributed by atoms with Crippen LogP contribution in [0.25, 0.3) is 0 Å². The first kappa shape index (κ1) is 21.2. The quantitative estimate of drug-likeness (QED) is 0.766. The van der Waals surface area contributed by atoms with Gasteiger partial charge in [-0.25, -0.2) is 8.78 Å². The van der Waals surface area contributed by atoms with Gasteiger partial charge in [0.05, 0.1) is 12.2 Å². The summed E-state index contributed by atoms with van der Waals surface area (Å²) in [6.45, 7) is 4.63. The Balaban J connectivity index is 1.42. The van der Waals surface area contributed by atoms with E-state index in [4.69, 9.17) is 10.5 Å². The smallest absolute Gasteiger partial charge is 0.130 e. The number of hydrogen-bond acceptors (Lipinski definition) is 4. The van der Waals surface area contributed by atoms with Gasteiger partial charge in [-0.1, -0.05) is 18.2 Å². The van der Waals surface area contributed by atoms with Gasteiger partial charge in [0.15, 0.2) is 0 Å². The fourth-order valence-electron chi connectivity index (χ4n) is 4.85. The number of nitrogens with two attached hydrogens (primary N) is 1. The molecule has 2 atom stereocenters. The van der Waals surface area contributed by atoms with E-state index < -0.39 is 11.6 Å². The second kappa shape index (κ2) is 9.00. The highest BCUT2D eigenvalue weighted by Gasteiger charge is 2.35. The van der Waals surface area contributed by atoms with Gasteiger partial charge in [0.2, 0.25) is 0 Å². The first-order valence-electron chi connectivity index (χ1n) is 10.8. The number of aryl methyl sites for hydroxylation is 1. The van der Waals surface area contributed by atoms with Crippen LogP contribution >= 0.6 is 0 Å². The minimum atomic E-state index is -0.546. The topological polar surface area (TPSA) is 58.7 Å². The van der Waals surface area contributed by atoms with Crippen LogP contribution in [0.1, 0.15) is 47.6 Å². The maximum Gasteiger partial charge on any atom is 0.130 e. The van der Waals surface area contributed by atoms with Gasteiger partial charge in [-0.05, 0) is 68.9 Å². The maximum absolute atomic E-state index is 14.0. The Hall–Kier alpha value is -2.02. The number of aromatic hydroxyl groups is 1. The third-order valence-corrected chi connectivity index (χ3v) is 6.61. The van der Waals surface area contributed by atoms with Gasteiger partial charge in [-0.3, -0.25) is 4.90 Å². The molecule has 0 aromatic heterocycles. The average molecular weight is 417 g/mol. The summed E-state index contributed by atoms with van der Waals surface area (Å²) < 4.78 is 33.6. The third kappa shape index (κ3) is 4.36. The summed E-state index contributed by atoms with van der Waals surface area (Å²) in [6.07, 6.45) is 3.30. The standard InChI is InChI=1S/C24H30F2N2O2/c1-15-2-5-19-20(24(15)29)13-23(30-22(19)6-9-27)16-7-10-28(11-8-16)14-17-3-4-18(25)12-21(17)26/h2-5,12,16,22-23,29H,6-11,13-14,27H2,1H3/t22-,23-/m0/s1. The highest BCUT2D eigenvalue weighted by Crippen LogP contribution is 2.41. The fraction of sp³-hybridized carbons (Fsp3) is 0.500. The van der Waals surface area contributed by atoms with E-state index in [0.717, 1.165) is 55.1 Å². The van der Waals surface area contributed by atoms with Crippen molar-refractivity contribution < 1.29 is 18.6 Å². The summed E-state index contributed by atoms with van der Waals surface area (Å²) in [5.74, 6) is -0.269. The molecule has 0 spiro atoms. The molecule has 2 aromatic rings. The van der Waals surface area contributed by atoms with Crippen LogP contribution in [0.4, 0.5) is 8.78 Å². The highest BCUT2D eigenvalue weighted by molar-refractivity contribution is 5.47. The van der Waals surface area contributed by atoms with E-state index in [1.807, 2.05) is 13.0 Å². The largest absolute Gasteiger partial charge is 0.507 e. The minimum Gasteiger partial charge on any atom is -0.507 e. The van der Waals surface area contributed by atoms with Gasteiger partial charge >= 0.3 is 0 Å². The van der Waals surface area contributed by atoms with Crippen molar-refractivity contribution >= 4 is 0 Å². The second-order valence-corrected chi connectivity index (χ2v) is 8.59. The number of rotatable bonds is 5. The van der Waals surface area contributed by atoms with Crippen molar-refractivity contribution in [3.05, 3.63) is 64.2 Å². The number of benzene rings is 2. The Bertz CT molecular complexity index is 897. The van der Waals surface area contributed by atoms with Crippen LogP contribution < -0.4 is 5.73 Å². The van der Waals surface area contributed by atoms with Crippen LogP contribution in [0.2, 0.25) is 0 Å². The zero-order valence-corrected chi connectivity index (χ0v) is 17.4. The number of likely N-dealkylation sites (tertiary alicyclic amines) is 1. The number of fused-ring (bicyclic) bond motifs is 1. The van der Waals surface area contributed by atoms with Gasteiger partial charge in [0, 0.05) is 30.2 Å². The van der Waals surface area contributed by atoms with Crippen LogP contribution in [0.15, 0.2) is 30.3 Å². The van der Waals surface area contributed by atoms with Crippen LogP contribution in [-0.4, -0.2) is 35.7 Å². The molecule has 0 radical (unpaired) electrons. The lowest BCUT2D eigenvalue weighted by atomic mass is 9.82. The Morgan fingerprint density at radius 2 is 1.93 bits per heavy atom. The fourth-order valence-corrected chi connectivity index (χ4v) is 4.85. The molecule has 0 amide bonds. The van der Waals surface area contributed by atoms with Crippen LogP contribution in [0, 0.1) is 24.5 Å². The van der Waals surface area contributed by atoms with Crippen molar-refractivity contribution in [3.63, 3.8) is 0 Å².